The third-order valence-electron chi connectivity index (χ3n) is 3.50. The Morgan fingerprint density at radius 1 is 1.16 bits per heavy atom. The zero-order valence-corrected chi connectivity index (χ0v) is 14.8. The van der Waals surface area contributed by atoms with E-state index >= 15 is 0 Å². The number of ether oxygens (including phenoxy) is 1. The number of rotatable bonds is 4. The summed E-state index contributed by atoms with van der Waals surface area (Å²) in [7, 11) is 0. The summed E-state index contributed by atoms with van der Waals surface area (Å²) < 4.78 is 33.6. The van der Waals surface area contributed by atoms with Crippen LogP contribution in [0.5, 0.6) is 11.5 Å². The Balaban J connectivity index is 1.83. The van der Waals surface area contributed by atoms with E-state index in [9.17, 15) is 13.6 Å². The lowest BCUT2D eigenvalue weighted by atomic mass is 10.2. The zero-order chi connectivity index (χ0) is 18.0. The van der Waals surface area contributed by atoms with Gasteiger partial charge in [-0.25, -0.2) is 8.78 Å². The maximum atomic E-state index is 14.3. The molecule has 0 aliphatic carbocycles. The average molecular weight is 377 g/mol. The fourth-order valence-corrected chi connectivity index (χ4v) is 3.64. The molecule has 3 rings (SSSR count). The molecule has 0 bridgehead atoms. The van der Waals surface area contributed by atoms with Crippen molar-refractivity contribution in [2.45, 2.75) is 6.92 Å². The number of thioether (sulfide) groups is 1. The van der Waals surface area contributed by atoms with Gasteiger partial charge in [0.2, 0.25) is 0 Å². The topological polar surface area (TPSA) is 29.5 Å². The summed E-state index contributed by atoms with van der Waals surface area (Å²) >= 11 is 6.32. The Bertz CT molecular complexity index is 883. The van der Waals surface area contributed by atoms with Crippen LogP contribution in [0.3, 0.4) is 0 Å². The lowest BCUT2D eigenvalue weighted by Crippen LogP contribution is -2.27. The molecule has 1 aliphatic heterocycles. The van der Waals surface area contributed by atoms with E-state index in [1.807, 2.05) is 6.92 Å². The first-order valence-corrected chi connectivity index (χ1v) is 8.69. The maximum Gasteiger partial charge on any atom is 0.266 e. The summed E-state index contributed by atoms with van der Waals surface area (Å²) in [5, 5.41) is 0. The van der Waals surface area contributed by atoms with Crippen molar-refractivity contribution < 1.29 is 18.3 Å². The van der Waals surface area contributed by atoms with Crippen LogP contribution < -0.4 is 4.74 Å². The van der Waals surface area contributed by atoms with Crippen LogP contribution in [0.15, 0.2) is 47.4 Å². The van der Waals surface area contributed by atoms with Crippen LogP contribution in [0, 0.1) is 11.6 Å². The normalized spacial score (nSPS) is 16.0. The fourth-order valence-electron chi connectivity index (χ4n) is 2.26. The van der Waals surface area contributed by atoms with Crippen LogP contribution >= 0.6 is 24.0 Å². The van der Waals surface area contributed by atoms with E-state index in [2.05, 4.69) is 0 Å². The van der Waals surface area contributed by atoms with Gasteiger partial charge in [0.15, 0.2) is 23.1 Å². The van der Waals surface area contributed by atoms with Crippen molar-refractivity contribution in [3.63, 3.8) is 0 Å². The molecule has 3 nitrogen and oxygen atoms in total. The van der Waals surface area contributed by atoms with Crippen LogP contribution in [0.2, 0.25) is 0 Å². The molecule has 1 heterocycles. The number of likely N-dealkylation sites (N-methyl/N-ethyl adjacent to an activating group) is 1. The molecule has 0 radical (unpaired) electrons. The van der Waals surface area contributed by atoms with Gasteiger partial charge in [-0.3, -0.25) is 9.69 Å². The maximum absolute atomic E-state index is 14.3. The fraction of sp³-hybridized carbons (Fsp3) is 0.111. The summed E-state index contributed by atoms with van der Waals surface area (Å²) in [6.45, 7) is 2.33. The molecule has 2 aromatic rings. The molecule has 128 valence electrons. The van der Waals surface area contributed by atoms with Gasteiger partial charge < -0.3 is 4.74 Å². The lowest BCUT2D eigenvalue weighted by Gasteiger charge is -2.09. The van der Waals surface area contributed by atoms with E-state index in [4.69, 9.17) is 17.0 Å². The Hall–Kier alpha value is -2.25. The molecule has 1 aliphatic rings. The monoisotopic (exact) mass is 377 g/mol. The van der Waals surface area contributed by atoms with E-state index in [1.165, 1.54) is 47.0 Å². The van der Waals surface area contributed by atoms with Crippen LogP contribution in [0.25, 0.3) is 6.08 Å². The second-order valence-corrected chi connectivity index (χ2v) is 6.82. The summed E-state index contributed by atoms with van der Waals surface area (Å²) in [5.41, 5.74) is 0.495. The summed E-state index contributed by atoms with van der Waals surface area (Å²) in [5.74, 6) is -1.57. The van der Waals surface area contributed by atoms with Gasteiger partial charge in [0, 0.05) is 6.54 Å². The highest BCUT2D eigenvalue weighted by Gasteiger charge is 2.30. The second kappa shape index (κ2) is 7.33. The van der Waals surface area contributed by atoms with Gasteiger partial charge in [-0.15, -0.1) is 0 Å². The van der Waals surface area contributed by atoms with Gasteiger partial charge in [-0.05, 0) is 42.8 Å². The molecule has 0 N–H and O–H groups in total. The minimum absolute atomic E-state index is 0.0574. The number of thiocarbonyl (C=S) groups is 1. The highest BCUT2D eigenvalue weighted by Crippen LogP contribution is 2.33. The van der Waals surface area contributed by atoms with E-state index in [0.29, 0.717) is 21.3 Å². The van der Waals surface area contributed by atoms with Crippen LogP contribution in [-0.2, 0) is 4.79 Å². The van der Waals surface area contributed by atoms with Crippen molar-refractivity contribution in [3.8, 4) is 11.5 Å². The number of carbonyl (C=O) groups is 1. The lowest BCUT2D eigenvalue weighted by molar-refractivity contribution is -0.121. The molecule has 1 amide bonds. The summed E-state index contributed by atoms with van der Waals surface area (Å²) in [6, 6.07) is 9.99. The average Bonchev–Trinajstić information content (AvgIpc) is 2.85. The van der Waals surface area contributed by atoms with E-state index < -0.39 is 11.6 Å². The van der Waals surface area contributed by atoms with Crippen LogP contribution in [0.1, 0.15) is 12.5 Å². The van der Waals surface area contributed by atoms with Gasteiger partial charge in [0.25, 0.3) is 5.91 Å². The third-order valence-corrected chi connectivity index (χ3v) is 4.88. The molecule has 1 saturated heterocycles. The minimum atomic E-state index is -0.650. The summed E-state index contributed by atoms with van der Waals surface area (Å²) in [4.78, 5) is 14.1. The number of benzene rings is 2. The molecule has 25 heavy (non-hydrogen) atoms. The van der Waals surface area contributed by atoms with E-state index in [-0.39, 0.29) is 17.4 Å². The number of nitrogens with zero attached hydrogens (tertiary/aromatic N) is 1. The van der Waals surface area contributed by atoms with Crippen molar-refractivity contribution in [3.05, 3.63) is 64.6 Å². The molecule has 0 atom stereocenters. The van der Waals surface area contributed by atoms with E-state index in [1.54, 1.807) is 18.2 Å². The predicted octanol–water partition coefficient (Wildman–Crippen LogP) is 4.98. The molecular formula is C18H13F2NO2S2. The largest absolute Gasteiger partial charge is 0.451 e. The van der Waals surface area contributed by atoms with E-state index in [0.717, 1.165) is 0 Å². The first-order chi connectivity index (χ1) is 12.0. The van der Waals surface area contributed by atoms with Gasteiger partial charge in [0.1, 0.15) is 4.32 Å². The Labute approximate surface area is 153 Å². The first-order valence-electron chi connectivity index (χ1n) is 7.47. The second-order valence-electron chi connectivity index (χ2n) is 5.15. The van der Waals surface area contributed by atoms with Crippen molar-refractivity contribution >= 4 is 40.3 Å². The molecule has 0 spiro atoms. The number of halogens is 2. The van der Waals surface area contributed by atoms with Crippen molar-refractivity contribution in [2.24, 2.45) is 0 Å². The highest BCUT2D eigenvalue weighted by molar-refractivity contribution is 8.26. The van der Waals surface area contributed by atoms with Crippen molar-refractivity contribution in [1.82, 2.24) is 4.90 Å². The zero-order valence-electron chi connectivity index (χ0n) is 13.2. The Morgan fingerprint density at radius 2 is 1.88 bits per heavy atom. The molecule has 0 unspecified atom stereocenters. The molecule has 0 saturated carbocycles. The predicted molar refractivity (Wildman–Crippen MR) is 98.4 cm³/mol. The number of hydrogen-bond donors (Lipinski definition) is 0. The molecular weight excluding hydrogens is 364 g/mol. The van der Waals surface area contributed by atoms with Crippen molar-refractivity contribution in [2.75, 3.05) is 6.54 Å². The highest BCUT2D eigenvalue weighted by atomic mass is 32.2. The van der Waals surface area contributed by atoms with Gasteiger partial charge in [-0.2, -0.15) is 0 Å². The van der Waals surface area contributed by atoms with Crippen molar-refractivity contribution in [1.29, 1.82) is 0 Å². The first kappa shape index (κ1) is 17.6. The summed E-state index contributed by atoms with van der Waals surface area (Å²) in [6.07, 6.45) is 1.57. The molecule has 2 aromatic carbocycles. The quantitative estimate of drug-likeness (QED) is 0.555. The Morgan fingerprint density at radius 3 is 2.52 bits per heavy atom. The minimum Gasteiger partial charge on any atom is -0.451 e. The Kier molecular flexibility index (Phi) is 5.15. The number of hydrogen-bond acceptors (Lipinski definition) is 4. The third kappa shape index (κ3) is 3.72. The molecule has 0 aromatic heterocycles. The molecule has 7 heteroatoms. The standard InChI is InChI=1S/C18H13F2NO2S2/c1-2-21-17(22)16(25-18(21)24)10-11-7-8-15(13(20)9-11)23-14-6-4-3-5-12(14)19/h3-10H,2H2,1H3/b16-10+. The number of carbonyl (C=O) groups excluding carboxylic acids is 1. The SMILES string of the molecule is CCN1C(=O)/C(=C\c2ccc(Oc3ccccc3F)c(F)c2)SC1=S. The number of para-hydroxylation sites is 1. The molecule has 1 fully saturated rings. The van der Waals surface area contributed by atoms with Crippen LogP contribution in [0.4, 0.5) is 8.78 Å². The van der Waals surface area contributed by atoms with Gasteiger partial charge in [0.05, 0.1) is 4.91 Å². The smallest absolute Gasteiger partial charge is 0.266 e. The van der Waals surface area contributed by atoms with Gasteiger partial charge in [-0.1, -0.05) is 42.2 Å². The number of amides is 1. The van der Waals surface area contributed by atoms with Crippen LogP contribution in [-0.4, -0.2) is 21.7 Å². The van der Waals surface area contributed by atoms with Gasteiger partial charge >= 0.3 is 0 Å².